The standard InChI is InChI=1S/C17H33NSi2/c1-16(2,12-14-19(6,7)8)18(5)17(3,4)13-15-20(9,10)11/h1-11H3. The van der Waals surface area contributed by atoms with E-state index in [1.807, 2.05) is 0 Å². The van der Waals surface area contributed by atoms with Crippen molar-refractivity contribution in [3.05, 3.63) is 0 Å². The predicted molar refractivity (Wildman–Crippen MR) is 98.2 cm³/mol. The first-order valence-electron chi connectivity index (χ1n) is 7.39. The first-order chi connectivity index (χ1) is 8.57. The highest BCUT2D eigenvalue weighted by Gasteiger charge is 2.33. The van der Waals surface area contributed by atoms with Crippen LogP contribution in [-0.2, 0) is 0 Å². The van der Waals surface area contributed by atoms with Gasteiger partial charge in [-0.25, -0.2) is 0 Å². The van der Waals surface area contributed by atoms with E-state index >= 15 is 0 Å². The van der Waals surface area contributed by atoms with Gasteiger partial charge in [0.2, 0.25) is 0 Å². The highest BCUT2D eigenvalue weighted by Crippen LogP contribution is 2.22. The Bertz CT molecular complexity index is 410. The van der Waals surface area contributed by atoms with Gasteiger partial charge < -0.3 is 0 Å². The van der Waals surface area contributed by atoms with Gasteiger partial charge in [-0.1, -0.05) is 51.1 Å². The molecule has 1 nitrogen and oxygen atoms in total. The summed E-state index contributed by atoms with van der Waals surface area (Å²) in [6, 6.07) is 0. The molecule has 0 aromatic carbocycles. The molecule has 0 spiro atoms. The molecule has 0 aromatic heterocycles. The third-order valence-electron chi connectivity index (χ3n) is 3.16. The molecule has 0 atom stereocenters. The molecule has 0 radical (unpaired) electrons. The summed E-state index contributed by atoms with van der Waals surface area (Å²) >= 11 is 0. The van der Waals surface area contributed by atoms with Gasteiger partial charge in [-0.3, -0.25) is 4.90 Å². The SMILES string of the molecule is CN(C(C)(C)C#C[Si](C)(C)C)C(C)(C)C#C[Si](C)(C)C. The first kappa shape index (κ1) is 19.5. The van der Waals surface area contributed by atoms with E-state index in [-0.39, 0.29) is 11.1 Å². The Morgan fingerprint density at radius 2 is 0.900 bits per heavy atom. The smallest absolute Gasteiger partial charge is 0.129 e. The van der Waals surface area contributed by atoms with Crippen LogP contribution in [0.3, 0.4) is 0 Å². The van der Waals surface area contributed by atoms with Crippen LogP contribution >= 0.6 is 0 Å². The molecule has 20 heavy (non-hydrogen) atoms. The Morgan fingerprint density at radius 1 is 0.650 bits per heavy atom. The van der Waals surface area contributed by atoms with Crippen molar-refractivity contribution in [3.8, 4) is 22.9 Å². The van der Waals surface area contributed by atoms with Crippen molar-refractivity contribution >= 4 is 16.1 Å². The van der Waals surface area contributed by atoms with Gasteiger partial charge in [-0.2, -0.15) is 0 Å². The quantitative estimate of drug-likeness (QED) is 0.545. The Labute approximate surface area is 129 Å². The zero-order chi connectivity index (χ0) is 16.4. The lowest BCUT2D eigenvalue weighted by Gasteiger charge is -2.41. The van der Waals surface area contributed by atoms with Crippen LogP contribution in [0.15, 0.2) is 0 Å². The van der Waals surface area contributed by atoms with E-state index in [0.29, 0.717) is 0 Å². The second-order valence-corrected chi connectivity index (χ2v) is 18.2. The largest absolute Gasteiger partial charge is 0.275 e. The van der Waals surface area contributed by atoms with Crippen LogP contribution in [0.2, 0.25) is 39.3 Å². The Balaban J connectivity index is 5.34. The van der Waals surface area contributed by atoms with E-state index in [1.165, 1.54) is 0 Å². The minimum absolute atomic E-state index is 0.155. The fourth-order valence-corrected chi connectivity index (χ4v) is 2.91. The summed E-state index contributed by atoms with van der Waals surface area (Å²) in [7, 11) is -0.538. The van der Waals surface area contributed by atoms with E-state index in [2.05, 4.69) is 102 Å². The monoisotopic (exact) mass is 307 g/mol. The summed E-state index contributed by atoms with van der Waals surface area (Å²) in [4.78, 5) is 2.31. The summed E-state index contributed by atoms with van der Waals surface area (Å²) in [5.41, 5.74) is 6.68. The lowest BCUT2D eigenvalue weighted by atomic mass is 9.95. The van der Waals surface area contributed by atoms with E-state index in [1.54, 1.807) is 0 Å². The third-order valence-corrected chi connectivity index (χ3v) is 4.91. The molecule has 0 unspecified atom stereocenters. The summed E-state index contributed by atoms with van der Waals surface area (Å²) < 4.78 is 0. The average molecular weight is 308 g/mol. The summed E-state index contributed by atoms with van der Waals surface area (Å²) in [5, 5.41) is 0. The molecule has 0 heterocycles. The molecule has 0 aliphatic carbocycles. The van der Waals surface area contributed by atoms with Crippen LogP contribution in [0.4, 0.5) is 0 Å². The minimum Gasteiger partial charge on any atom is -0.275 e. The summed E-state index contributed by atoms with van der Waals surface area (Å²) in [6.45, 7) is 22.5. The van der Waals surface area contributed by atoms with Crippen molar-refractivity contribution in [2.45, 2.75) is 78.1 Å². The molecule has 3 heteroatoms. The molecule has 0 saturated heterocycles. The van der Waals surface area contributed by atoms with Crippen molar-refractivity contribution < 1.29 is 0 Å². The highest BCUT2D eigenvalue weighted by molar-refractivity contribution is 6.84. The zero-order valence-electron chi connectivity index (χ0n) is 15.4. The molecule has 0 aliphatic rings. The molecule has 0 bridgehead atoms. The Morgan fingerprint density at radius 3 is 1.10 bits per heavy atom. The van der Waals surface area contributed by atoms with Crippen LogP contribution in [0.1, 0.15) is 27.7 Å². The van der Waals surface area contributed by atoms with Gasteiger partial charge in [0.15, 0.2) is 0 Å². The summed E-state index contributed by atoms with van der Waals surface area (Å²) in [5.74, 6) is 6.97. The van der Waals surface area contributed by atoms with Gasteiger partial charge >= 0.3 is 0 Å². The maximum Gasteiger partial charge on any atom is 0.129 e. The van der Waals surface area contributed by atoms with Crippen LogP contribution in [0.5, 0.6) is 0 Å². The second-order valence-electron chi connectivity index (χ2n) is 8.68. The third kappa shape index (κ3) is 7.34. The topological polar surface area (TPSA) is 3.24 Å². The van der Waals surface area contributed by atoms with Crippen molar-refractivity contribution in [3.63, 3.8) is 0 Å². The van der Waals surface area contributed by atoms with Gasteiger partial charge in [0.1, 0.15) is 16.1 Å². The van der Waals surface area contributed by atoms with E-state index in [4.69, 9.17) is 0 Å². The van der Waals surface area contributed by atoms with Crippen LogP contribution in [-0.4, -0.2) is 39.2 Å². The van der Waals surface area contributed by atoms with E-state index in [9.17, 15) is 0 Å². The molecule has 0 aromatic rings. The van der Waals surface area contributed by atoms with Gasteiger partial charge in [-0.15, -0.1) is 11.1 Å². The van der Waals surface area contributed by atoms with Crippen molar-refractivity contribution in [1.29, 1.82) is 0 Å². The molecule has 0 rings (SSSR count). The van der Waals surface area contributed by atoms with Crippen molar-refractivity contribution in [2.24, 2.45) is 0 Å². The maximum absolute atomic E-state index is 3.50. The molecule has 114 valence electrons. The Kier molecular flexibility index (Phi) is 5.95. The number of hydrogen-bond donors (Lipinski definition) is 0. The van der Waals surface area contributed by atoms with Gasteiger partial charge in [0.25, 0.3) is 0 Å². The minimum atomic E-state index is -1.34. The molecule has 0 saturated carbocycles. The van der Waals surface area contributed by atoms with Gasteiger partial charge in [-0.05, 0) is 34.7 Å². The normalized spacial score (nSPS) is 13.4. The molecule has 0 N–H and O–H groups in total. The van der Waals surface area contributed by atoms with Crippen molar-refractivity contribution in [1.82, 2.24) is 4.90 Å². The van der Waals surface area contributed by atoms with Crippen LogP contribution in [0.25, 0.3) is 0 Å². The molecular formula is C17H33NSi2. The molecule has 0 amide bonds. The van der Waals surface area contributed by atoms with Crippen LogP contribution in [0, 0.1) is 22.9 Å². The fraction of sp³-hybridized carbons (Fsp3) is 0.765. The predicted octanol–water partition coefficient (Wildman–Crippen LogP) is 4.24. The number of rotatable bonds is 2. The van der Waals surface area contributed by atoms with Gasteiger partial charge in [0, 0.05) is 0 Å². The summed E-state index contributed by atoms with van der Waals surface area (Å²) in [6.07, 6.45) is 0. The lowest BCUT2D eigenvalue weighted by molar-refractivity contribution is 0.124. The fourth-order valence-electron chi connectivity index (χ4n) is 1.55. The van der Waals surface area contributed by atoms with E-state index in [0.717, 1.165) is 0 Å². The average Bonchev–Trinajstić information content (AvgIpc) is 2.21. The second kappa shape index (κ2) is 6.10. The van der Waals surface area contributed by atoms with E-state index < -0.39 is 16.1 Å². The molecular weight excluding hydrogens is 274 g/mol. The first-order valence-corrected chi connectivity index (χ1v) is 14.4. The van der Waals surface area contributed by atoms with Crippen LogP contribution < -0.4 is 0 Å². The number of nitrogens with zero attached hydrogens (tertiary/aromatic N) is 1. The highest BCUT2D eigenvalue weighted by atomic mass is 28.3. The lowest BCUT2D eigenvalue weighted by Crippen LogP contribution is -2.52. The number of hydrogen-bond acceptors (Lipinski definition) is 1. The van der Waals surface area contributed by atoms with Crippen molar-refractivity contribution in [2.75, 3.05) is 7.05 Å². The maximum atomic E-state index is 3.50. The zero-order valence-corrected chi connectivity index (χ0v) is 17.4. The molecule has 0 fully saturated rings. The Hall–Kier alpha value is -0.486. The molecule has 0 aliphatic heterocycles. The van der Waals surface area contributed by atoms with Gasteiger partial charge in [0.05, 0.1) is 11.1 Å².